The first-order valence-corrected chi connectivity index (χ1v) is 13.5. The van der Waals surface area contributed by atoms with Crippen molar-refractivity contribution in [1.82, 2.24) is 14.9 Å². The molecule has 0 aliphatic carbocycles. The lowest BCUT2D eigenvalue weighted by atomic mass is 10.2. The molecule has 44 heavy (non-hydrogen) atoms. The number of rotatable bonds is 10. The lowest BCUT2D eigenvalue weighted by Crippen LogP contribution is -2.44. The SMILES string of the molecule is C=CC=O.CNc1cccc(N(C)c2nc(Nc3ccc(N4CCN(C)CC4)c(OC)c3)ncc2N=C(C=O)C(F)(F)F)c1. The van der Waals surface area contributed by atoms with Crippen LogP contribution in [0.2, 0.25) is 0 Å². The molecule has 2 aromatic carbocycles. The number of ether oxygens (including phenoxy) is 1. The molecule has 0 saturated carbocycles. The molecule has 1 aliphatic rings. The highest BCUT2D eigenvalue weighted by Crippen LogP contribution is 2.36. The van der Waals surface area contributed by atoms with Gasteiger partial charge in [0.1, 0.15) is 17.7 Å². The minimum atomic E-state index is -4.93. The molecule has 0 bridgehead atoms. The van der Waals surface area contributed by atoms with E-state index >= 15 is 0 Å². The van der Waals surface area contributed by atoms with Crippen molar-refractivity contribution >= 4 is 58.5 Å². The summed E-state index contributed by atoms with van der Waals surface area (Å²) in [4.78, 5) is 38.5. The van der Waals surface area contributed by atoms with Crippen LogP contribution in [0.3, 0.4) is 0 Å². The summed E-state index contributed by atoms with van der Waals surface area (Å²) < 4.78 is 45.6. The van der Waals surface area contributed by atoms with E-state index in [4.69, 9.17) is 9.53 Å². The van der Waals surface area contributed by atoms with Crippen LogP contribution in [0.4, 0.5) is 53.4 Å². The second kappa shape index (κ2) is 15.5. The highest BCUT2D eigenvalue weighted by atomic mass is 19.4. The molecule has 14 heteroatoms. The lowest BCUT2D eigenvalue weighted by Gasteiger charge is -2.34. The van der Waals surface area contributed by atoms with Gasteiger partial charge in [0.05, 0.1) is 19.0 Å². The van der Waals surface area contributed by atoms with Crippen LogP contribution in [0.1, 0.15) is 0 Å². The first-order chi connectivity index (χ1) is 21.0. The van der Waals surface area contributed by atoms with E-state index in [2.05, 4.69) is 49.0 Å². The van der Waals surface area contributed by atoms with Gasteiger partial charge in [0, 0.05) is 63.4 Å². The van der Waals surface area contributed by atoms with Crippen molar-refractivity contribution in [1.29, 1.82) is 0 Å². The molecule has 234 valence electrons. The number of nitrogens with one attached hydrogen (secondary N) is 2. The summed E-state index contributed by atoms with van der Waals surface area (Å²) in [5.74, 6) is 0.854. The Morgan fingerprint density at radius 2 is 1.82 bits per heavy atom. The highest BCUT2D eigenvalue weighted by molar-refractivity contribution is 6.31. The maximum Gasteiger partial charge on any atom is 0.436 e. The molecule has 1 aromatic heterocycles. The summed E-state index contributed by atoms with van der Waals surface area (Å²) in [5.41, 5.74) is 1.21. The van der Waals surface area contributed by atoms with Gasteiger partial charge in [-0.3, -0.25) is 9.59 Å². The molecule has 0 amide bonds. The number of benzene rings is 2. The lowest BCUT2D eigenvalue weighted by molar-refractivity contribution is -0.107. The third-order valence-electron chi connectivity index (χ3n) is 6.61. The number of anilines is 6. The van der Waals surface area contributed by atoms with Crippen molar-refractivity contribution in [2.75, 3.05) is 74.9 Å². The number of nitrogens with zero attached hydrogens (tertiary/aromatic N) is 6. The van der Waals surface area contributed by atoms with E-state index in [-0.39, 0.29) is 23.7 Å². The number of aliphatic imine (C=N–C) groups is 1. The molecule has 2 heterocycles. The molecular weight excluding hydrogens is 577 g/mol. The van der Waals surface area contributed by atoms with Crippen LogP contribution in [0, 0.1) is 0 Å². The summed E-state index contributed by atoms with van der Waals surface area (Å²) in [5, 5.41) is 6.12. The van der Waals surface area contributed by atoms with E-state index in [0.29, 0.717) is 23.4 Å². The number of likely N-dealkylation sites (N-methyl/N-ethyl adjacent to an activating group) is 1. The average molecular weight is 613 g/mol. The topological polar surface area (TPSA) is 115 Å². The third kappa shape index (κ3) is 8.77. The van der Waals surface area contributed by atoms with Gasteiger partial charge in [0.2, 0.25) is 5.95 Å². The Balaban J connectivity index is 0.00000124. The van der Waals surface area contributed by atoms with Gasteiger partial charge in [-0.1, -0.05) is 12.6 Å². The molecule has 0 spiro atoms. The van der Waals surface area contributed by atoms with Crippen LogP contribution >= 0.6 is 0 Å². The molecule has 3 aromatic rings. The van der Waals surface area contributed by atoms with Crippen molar-refractivity contribution in [3.63, 3.8) is 0 Å². The van der Waals surface area contributed by atoms with E-state index in [1.54, 1.807) is 44.3 Å². The van der Waals surface area contributed by atoms with Crippen molar-refractivity contribution < 1.29 is 27.5 Å². The third-order valence-corrected chi connectivity index (χ3v) is 6.61. The smallest absolute Gasteiger partial charge is 0.436 e. The number of aromatic nitrogens is 2. The second-order valence-corrected chi connectivity index (χ2v) is 9.55. The largest absolute Gasteiger partial charge is 0.495 e. The Kier molecular flexibility index (Phi) is 11.8. The molecule has 0 radical (unpaired) electrons. The quantitative estimate of drug-likeness (QED) is 0.184. The van der Waals surface area contributed by atoms with Crippen LogP contribution in [-0.4, -0.2) is 93.8 Å². The fraction of sp³-hybridized carbons (Fsp3) is 0.300. The fourth-order valence-corrected chi connectivity index (χ4v) is 4.22. The van der Waals surface area contributed by atoms with Gasteiger partial charge < -0.3 is 30.1 Å². The summed E-state index contributed by atoms with van der Waals surface area (Å²) in [6.45, 7) is 6.74. The first kappa shape index (κ1) is 33.5. The number of alkyl halides is 3. The second-order valence-electron chi connectivity index (χ2n) is 9.55. The molecule has 0 unspecified atom stereocenters. The van der Waals surface area contributed by atoms with Crippen molar-refractivity contribution in [2.24, 2.45) is 4.99 Å². The number of carbonyl (C=O) groups is 2. The number of hydrogen-bond donors (Lipinski definition) is 2. The Morgan fingerprint density at radius 3 is 2.41 bits per heavy atom. The Morgan fingerprint density at radius 1 is 1.11 bits per heavy atom. The molecule has 0 atom stereocenters. The van der Waals surface area contributed by atoms with Crippen molar-refractivity contribution in [2.45, 2.75) is 6.18 Å². The maximum atomic E-state index is 13.3. The minimum absolute atomic E-state index is 0.0652. The molecular formula is C30H35F3N8O3. The number of aldehydes is 2. The van der Waals surface area contributed by atoms with E-state index in [9.17, 15) is 18.0 Å². The molecule has 11 nitrogen and oxygen atoms in total. The first-order valence-electron chi connectivity index (χ1n) is 13.5. The summed E-state index contributed by atoms with van der Waals surface area (Å²) >= 11 is 0. The van der Waals surface area contributed by atoms with Gasteiger partial charge in [-0.15, -0.1) is 0 Å². The van der Waals surface area contributed by atoms with E-state index in [0.717, 1.165) is 43.8 Å². The highest BCUT2D eigenvalue weighted by Gasteiger charge is 2.36. The number of allylic oxidation sites excluding steroid dienone is 1. The molecule has 4 rings (SSSR count). The minimum Gasteiger partial charge on any atom is -0.495 e. The fourth-order valence-electron chi connectivity index (χ4n) is 4.22. The van der Waals surface area contributed by atoms with Gasteiger partial charge in [-0.05, 0) is 43.5 Å². The predicted molar refractivity (Wildman–Crippen MR) is 168 cm³/mol. The Labute approximate surface area is 254 Å². The Hall–Kier alpha value is -4.98. The van der Waals surface area contributed by atoms with E-state index < -0.39 is 11.9 Å². The Bertz CT molecular complexity index is 1470. The zero-order chi connectivity index (χ0) is 32.3. The molecule has 1 aliphatic heterocycles. The number of hydrogen-bond acceptors (Lipinski definition) is 11. The summed E-state index contributed by atoms with van der Waals surface area (Å²) in [6, 6.07) is 12.8. The molecule has 2 N–H and O–H groups in total. The van der Waals surface area contributed by atoms with Crippen molar-refractivity contribution in [3.8, 4) is 5.75 Å². The molecule has 1 saturated heterocycles. The normalized spacial score (nSPS) is 13.7. The number of carbonyl (C=O) groups excluding carboxylic acids is 2. The standard InChI is InChI=1S/C27H31F3N8O2.C3H4O/c1-31-18-6-5-7-20(14-18)37(3)25-21(34-24(17-39)27(28,29)30)16-32-26(35-25)33-19-8-9-22(23(15-19)40-4)38-12-10-36(2)11-13-38;1-2-3-4/h5-9,14-17,31H,10-13H2,1-4H3,(H,32,33,35);2-3H,1H2. The van der Waals surface area contributed by atoms with E-state index in [1.807, 2.05) is 24.3 Å². The van der Waals surface area contributed by atoms with Gasteiger partial charge in [0.25, 0.3) is 0 Å². The van der Waals surface area contributed by atoms with Crippen LogP contribution < -0.4 is 25.2 Å². The number of piperazine rings is 1. The maximum absolute atomic E-state index is 13.3. The van der Waals surface area contributed by atoms with Gasteiger partial charge in [0.15, 0.2) is 17.8 Å². The number of methoxy groups -OCH3 is 1. The van der Waals surface area contributed by atoms with Gasteiger partial charge >= 0.3 is 6.18 Å². The van der Waals surface area contributed by atoms with Crippen LogP contribution in [0.25, 0.3) is 0 Å². The van der Waals surface area contributed by atoms with Gasteiger partial charge in [-0.2, -0.15) is 18.2 Å². The number of halogens is 3. The predicted octanol–water partition coefficient (Wildman–Crippen LogP) is 5.00. The monoisotopic (exact) mass is 612 g/mol. The zero-order valence-corrected chi connectivity index (χ0v) is 24.9. The molecule has 1 fully saturated rings. The van der Waals surface area contributed by atoms with Crippen LogP contribution in [0.15, 0.2) is 66.3 Å². The van der Waals surface area contributed by atoms with Crippen LogP contribution in [-0.2, 0) is 9.59 Å². The average Bonchev–Trinajstić information content (AvgIpc) is 3.03. The zero-order valence-electron chi connectivity index (χ0n) is 24.9. The summed E-state index contributed by atoms with van der Waals surface area (Å²) in [7, 11) is 7.08. The van der Waals surface area contributed by atoms with Crippen molar-refractivity contribution in [3.05, 3.63) is 61.3 Å². The summed E-state index contributed by atoms with van der Waals surface area (Å²) in [6.07, 6.45) is -2.28. The van der Waals surface area contributed by atoms with Gasteiger partial charge in [-0.25, -0.2) is 9.98 Å². The van der Waals surface area contributed by atoms with Crippen LogP contribution in [0.5, 0.6) is 5.75 Å². The van der Waals surface area contributed by atoms with E-state index in [1.165, 1.54) is 6.08 Å².